The number of aryl methyl sites for hydroxylation is 1. The number of hydrogen-bond acceptors (Lipinski definition) is 4. The maximum absolute atomic E-state index is 13.5. The van der Waals surface area contributed by atoms with Crippen molar-refractivity contribution in [1.82, 2.24) is 9.80 Å². The summed E-state index contributed by atoms with van der Waals surface area (Å²) in [5.41, 5.74) is 3.86. The maximum atomic E-state index is 13.5. The monoisotopic (exact) mass is 474 g/mol. The third kappa shape index (κ3) is 4.58. The minimum Gasteiger partial charge on any atom is -0.496 e. The predicted molar refractivity (Wildman–Crippen MR) is 134 cm³/mol. The Kier molecular flexibility index (Phi) is 6.39. The lowest BCUT2D eigenvalue weighted by molar-refractivity contribution is -0.135. The lowest BCUT2D eigenvalue weighted by atomic mass is 9.77. The van der Waals surface area contributed by atoms with Crippen LogP contribution in [-0.4, -0.2) is 60.7 Å². The number of Topliss-reactive ketones (excluding diaryl/α,β-unsaturated/α-hetero) is 1. The number of methoxy groups -OCH3 is 1. The molecule has 35 heavy (non-hydrogen) atoms. The molecule has 0 N–H and O–H groups in total. The van der Waals surface area contributed by atoms with Gasteiger partial charge in [0.2, 0.25) is 5.91 Å². The van der Waals surface area contributed by atoms with Crippen molar-refractivity contribution >= 4 is 17.6 Å². The molecule has 0 aromatic heterocycles. The zero-order valence-electron chi connectivity index (χ0n) is 20.7. The van der Waals surface area contributed by atoms with Gasteiger partial charge in [-0.1, -0.05) is 24.3 Å². The number of fused-ring (bicyclic) bond motifs is 1. The quantitative estimate of drug-likeness (QED) is 0.624. The Labute approximate surface area is 207 Å². The molecule has 2 saturated heterocycles. The third-order valence-corrected chi connectivity index (χ3v) is 8.41. The Hall–Kier alpha value is -3.15. The van der Waals surface area contributed by atoms with E-state index in [4.69, 9.17) is 4.74 Å². The SMILES string of the molecule is COc1cccc2c1CC(C(=O)N1CCC3(CCN(C(=O)c4ccc(C(C)=O)cc4)CC3)C1)CC2. The van der Waals surface area contributed by atoms with Crippen LogP contribution in [0.4, 0.5) is 0 Å². The first-order valence-electron chi connectivity index (χ1n) is 12.7. The minimum absolute atomic E-state index is 0.000760. The molecule has 2 heterocycles. The van der Waals surface area contributed by atoms with Crippen LogP contribution in [0.3, 0.4) is 0 Å². The van der Waals surface area contributed by atoms with Crippen LogP contribution in [0.5, 0.6) is 5.75 Å². The van der Waals surface area contributed by atoms with Crippen LogP contribution >= 0.6 is 0 Å². The Balaban J connectivity index is 1.18. The molecule has 2 amide bonds. The van der Waals surface area contributed by atoms with Gasteiger partial charge in [0.1, 0.15) is 5.75 Å². The molecule has 2 aromatic rings. The lowest BCUT2D eigenvalue weighted by Gasteiger charge is -2.39. The number of carbonyl (C=O) groups is 3. The van der Waals surface area contributed by atoms with Crippen molar-refractivity contribution in [3.63, 3.8) is 0 Å². The van der Waals surface area contributed by atoms with Crippen molar-refractivity contribution in [3.05, 3.63) is 64.7 Å². The summed E-state index contributed by atoms with van der Waals surface area (Å²) in [5, 5.41) is 0. The van der Waals surface area contributed by atoms with Gasteiger partial charge in [-0.15, -0.1) is 0 Å². The number of likely N-dealkylation sites (tertiary alicyclic amines) is 2. The highest BCUT2D eigenvalue weighted by Crippen LogP contribution is 2.42. The van der Waals surface area contributed by atoms with Gasteiger partial charge in [0, 0.05) is 43.2 Å². The van der Waals surface area contributed by atoms with Crippen molar-refractivity contribution in [2.75, 3.05) is 33.3 Å². The summed E-state index contributed by atoms with van der Waals surface area (Å²) in [6.45, 7) is 4.57. The Morgan fingerprint density at radius 1 is 0.914 bits per heavy atom. The molecule has 1 unspecified atom stereocenters. The van der Waals surface area contributed by atoms with Gasteiger partial charge in [-0.3, -0.25) is 14.4 Å². The van der Waals surface area contributed by atoms with Crippen molar-refractivity contribution in [3.8, 4) is 5.75 Å². The van der Waals surface area contributed by atoms with E-state index in [9.17, 15) is 14.4 Å². The van der Waals surface area contributed by atoms with E-state index in [1.807, 2.05) is 17.0 Å². The fraction of sp³-hybridized carbons (Fsp3) is 0.483. The van der Waals surface area contributed by atoms with Crippen LogP contribution in [0.2, 0.25) is 0 Å². The number of carbonyl (C=O) groups excluding carboxylic acids is 3. The molecule has 1 spiro atoms. The first-order chi connectivity index (χ1) is 16.9. The molecule has 2 aliphatic heterocycles. The smallest absolute Gasteiger partial charge is 0.253 e. The van der Waals surface area contributed by atoms with Crippen LogP contribution in [0.1, 0.15) is 64.4 Å². The molecule has 6 heteroatoms. The summed E-state index contributed by atoms with van der Waals surface area (Å²) in [5.74, 6) is 1.22. The van der Waals surface area contributed by atoms with E-state index in [1.54, 1.807) is 31.4 Å². The molecule has 1 aliphatic carbocycles. The average Bonchev–Trinajstić information content (AvgIpc) is 3.31. The number of hydrogen-bond donors (Lipinski definition) is 0. The van der Waals surface area contributed by atoms with E-state index in [-0.39, 0.29) is 28.9 Å². The standard InChI is InChI=1S/C29H34N2O4/c1-20(32)21-6-9-23(10-7-21)27(33)30-15-12-29(13-16-30)14-17-31(19-29)28(34)24-11-8-22-4-3-5-26(35-2)25(22)18-24/h3-7,9-10,24H,8,11-19H2,1-2H3. The third-order valence-electron chi connectivity index (χ3n) is 8.41. The second kappa shape index (κ2) is 9.48. The van der Waals surface area contributed by atoms with Crippen molar-refractivity contribution < 1.29 is 19.1 Å². The molecule has 184 valence electrons. The van der Waals surface area contributed by atoms with E-state index >= 15 is 0 Å². The van der Waals surface area contributed by atoms with Gasteiger partial charge < -0.3 is 14.5 Å². The summed E-state index contributed by atoms with van der Waals surface area (Å²) < 4.78 is 5.56. The highest BCUT2D eigenvalue weighted by Gasteiger charge is 2.44. The molecule has 0 bridgehead atoms. The molecular weight excluding hydrogens is 440 g/mol. The molecule has 2 aromatic carbocycles. The van der Waals surface area contributed by atoms with Crippen LogP contribution in [0, 0.1) is 11.3 Å². The average molecular weight is 475 g/mol. The van der Waals surface area contributed by atoms with Crippen LogP contribution in [0.25, 0.3) is 0 Å². The molecule has 5 rings (SSSR count). The van der Waals surface area contributed by atoms with Gasteiger partial charge in [0.15, 0.2) is 5.78 Å². The molecule has 0 saturated carbocycles. The second-order valence-electron chi connectivity index (χ2n) is 10.5. The minimum atomic E-state index is 0.000760. The number of amides is 2. The predicted octanol–water partition coefficient (Wildman–Crippen LogP) is 4.16. The summed E-state index contributed by atoms with van der Waals surface area (Å²) in [6, 6.07) is 13.1. The number of benzene rings is 2. The van der Waals surface area contributed by atoms with Crippen molar-refractivity contribution in [2.24, 2.45) is 11.3 Å². The van der Waals surface area contributed by atoms with E-state index in [0.29, 0.717) is 24.2 Å². The first kappa shape index (κ1) is 23.6. The molecular formula is C29H34N2O4. The number of ketones is 1. The summed E-state index contributed by atoms with van der Waals surface area (Å²) >= 11 is 0. The van der Waals surface area contributed by atoms with E-state index < -0.39 is 0 Å². The highest BCUT2D eigenvalue weighted by molar-refractivity contribution is 5.97. The van der Waals surface area contributed by atoms with E-state index in [1.165, 1.54) is 18.1 Å². The Morgan fingerprint density at radius 3 is 2.23 bits per heavy atom. The zero-order valence-corrected chi connectivity index (χ0v) is 20.7. The van der Waals surface area contributed by atoms with Crippen LogP contribution in [0.15, 0.2) is 42.5 Å². The first-order valence-corrected chi connectivity index (χ1v) is 12.7. The van der Waals surface area contributed by atoms with Gasteiger partial charge in [0.05, 0.1) is 7.11 Å². The summed E-state index contributed by atoms with van der Waals surface area (Å²) in [4.78, 5) is 42.0. The molecule has 3 aliphatic rings. The number of nitrogens with zero attached hydrogens (tertiary/aromatic N) is 2. The second-order valence-corrected chi connectivity index (χ2v) is 10.5. The highest BCUT2D eigenvalue weighted by atomic mass is 16.5. The van der Waals surface area contributed by atoms with Gasteiger partial charge in [-0.25, -0.2) is 0 Å². The topological polar surface area (TPSA) is 66.9 Å². The zero-order chi connectivity index (χ0) is 24.6. The Bertz CT molecular complexity index is 1120. The van der Waals surface area contributed by atoms with Crippen molar-refractivity contribution in [2.45, 2.75) is 45.4 Å². The largest absolute Gasteiger partial charge is 0.496 e. The lowest BCUT2D eigenvalue weighted by Crippen LogP contribution is -2.45. The fourth-order valence-electron chi connectivity index (χ4n) is 6.16. The van der Waals surface area contributed by atoms with Gasteiger partial charge >= 0.3 is 0 Å². The fourth-order valence-corrected chi connectivity index (χ4v) is 6.16. The number of rotatable bonds is 4. The summed E-state index contributed by atoms with van der Waals surface area (Å²) in [7, 11) is 1.70. The van der Waals surface area contributed by atoms with Crippen LogP contribution < -0.4 is 4.74 Å². The Morgan fingerprint density at radius 2 is 1.57 bits per heavy atom. The molecule has 6 nitrogen and oxygen atoms in total. The van der Waals surface area contributed by atoms with Crippen LogP contribution in [-0.2, 0) is 17.6 Å². The molecule has 0 radical (unpaired) electrons. The molecule has 2 fully saturated rings. The maximum Gasteiger partial charge on any atom is 0.253 e. The van der Waals surface area contributed by atoms with E-state index in [0.717, 1.165) is 57.4 Å². The van der Waals surface area contributed by atoms with Crippen molar-refractivity contribution in [1.29, 1.82) is 0 Å². The van der Waals surface area contributed by atoms with Gasteiger partial charge in [0.25, 0.3) is 5.91 Å². The number of piperidine rings is 1. The molecule has 1 atom stereocenters. The van der Waals surface area contributed by atoms with Gasteiger partial charge in [-0.2, -0.15) is 0 Å². The normalized spacial score (nSPS) is 21.0. The van der Waals surface area contributed by atoms with Gasteiger partial charge in [-0.05, 0) is 80.2 Å². The summed E-state index contributed by atoms with van der Waals surface area (Å²) in [6.07, 6.45) is 5.44. The van der Waals surface area contributed by atoms with E-state index in [2.05, 4.69) is 11.0 Å². The number of ether oxygens (including phenoxy) is 1.